The van der Waals surface area contributed by atoms with Gasteiger partial charge in [-0.15, -0.1) is 0 Å². The van der Waals surface area contributed by atoms with Gasteiger partial charge in [0.15, 0.2) is 0 Å². The summed E-state index contributed by atoms with van der Waals surface area (Å²) in [5.74, 6) is -37.2. The SMILES string of the molecule is CCCN(CCN(C)CC(O)COCC(F)(F)C(F)(F)C(F)(F)C(F)F)CC(O)COCC(F)(F)C(F)(F)C(F)(F)C(F)F. The van der Waals surface area contributed by atoms with E-state index in [1.807, 2.05) is 0 Å². The van der Waals surface area contributed by atoms with E-state index in [2.05, 4.69) is 9.47 Å². The van der Waals surface area contributed by atoms with Crippen LogP contribution in [0.1, 0.15) is 13.3 Å². The van der Waals surface area contributed by atoms with Gasteiger partial charge in [-0.1, -0.05) is 6.92 Å². The molecule has 0 heterocycles. The van der Waals surface area contributed by atoms with Crippen molar-refractivity contribution in [2.45, 2.75) is 73.9 Å². The molecule has 0 aliphatic heterocycles. The van der Waals surface area contributed by atoms with Crippen LogP contribution >= 0.6 is 0 Å². The monoisotopic (exact) mass is 692 g/mol. The van der Waals surface area contributed by atoms with E-state index in [0.29, 0.717) is 6.42 Å². The largest absolute Gasteiger partial charge is 0.389 e. The molecule has 0 amide bonds. The highest BCUT2D eigenvalue weighted by atomic mass is 19.4. The van der Waals surface area contributed by atoms with Crippen LogP contribution in [0.15, 0.2) is 0 Å². The summed E-state index contributed by atoms with van der Waals surface area (Å²) in [6, 6.07) is 0. The molecule has 6 nitrogen and oxygen atoms in total. The molecule has 0 saturated heterocycles. The molecular weight excluding hydrogens is 660 g/mol. The molecule has 0 bridgehead atoms. The molecule has 44 heavy (non-hydrogen) atoms. The van der Waals surface area contributed by atoms with Crippen molar-refractivity contribution >= 4 is 0 Å². The fourth-order valence-electron chi connectivity index (χ4n) is 3.37. The third-order valence-corrected chi connectivity index (χ3v) is 5.82. The molecule has 22 heteroatoms. The van der Waals surface area contributed by atoms with Crippen LogP contribution in [0.3, 0.4) is 0 Å². The van der Waals surface area contributed by atoms with Crippen molar-refractivity contribution in [3.63, 3.8) is 0 Å². The molecule has 0 aromatic carbocycles. The Bertz CT molecular complexity index is 838. The fourth-order valence-corrected chi connectivity index (χ4v) is 3.37. The number of rotatable bonds is 23. The van der Waals surface area contributed by atoms with Gasteiger partial charge in [-0.25, -0.2) is 17.6 Å². The van der Waals surface area contributed by atoms with Crippen molar-refractivity contribution in [1.29, 1.82) is 0 Å². The van der Waals surface area contributed by atoms with Crippen LogP contribution in [-0.4, -0.2) is 147 Å². The van der Waals surface area contributed by atoms with E-state index in [1.54, 1.807) is 6.92 Å². The minimum absolute atomic E-state index is 0.00746. The van der Waals surface area contributed by atoms with E-state index < -0.39 is 93.6 Å². The minimum atomic E-state index is -6.48. The first-order valence-corrected chi connectivity index (χ1v) is 12.5. The van der Waals surface area contributed by atoms with E-state index in [-0.39, 0.29) is 26.2 Å². The van der Waals surface area contributed by atoms with Crippen molar-refractivity contribution in [3.05, 3.63) is 0 Å². The molecule has 0 aromatic heterocycles. The number of nitrogens with zero attached hydrogens (tertiary/aromatic N) is 2. The Labute approximate surface area is 240 Å². The lowest BCUT2D eigenvalue weighted by Gasteiger charge is -2.32. The Balaban J connectivity index is 4.80. The topological polar surface area (TPSA) is 65.4 Å². The van der Waals surface area contributed by atoms with Gasteiger partial charge in [0.25, 0.3) is 0 Å². The molecule has 2 unspecified atom stereocenters. The zero-order valence-corrected chi connectivity index (χ0v) is 23.0. The van der Waals surface area contributed by atoms with Gasteiger partial charge in [-0.05, 0) is 20.0 Å². The maximum Gasteiger partial charge on any atom is 0.380 e. The Morgan fingerprint density at radius 1 is 0.591 bits per heavy atom. The Morgan fingerprint density at radius 3 is 1.30 bits per heavy atom. The molecular formula is C22H32F16N2O4. The summed E-state index contributed by atoms with van der Waals surface area (Å²) in [5.41, 5.74) is 0. The molecule has 0 spiro atoms. The smallest absolute Gasteiger partial charge is 0.380 e. The number of hydrogen-bond donors (Lipinski definition) is 2. The van der Waals surface area contributed by atoms with E-state index in [0.717, 1.165) is 0 Å². The Hall–Kier alpha value is -1.36. The van der Waals surface area contributed by atoms with Crippen LogP contribution in [-0.2, 0) is 9.47 Å². The molecule has 0 aliphatic carbocycles. The predicted molar refractivity (Wildman–Crippen MR) is 120 cm³/mol. The van der Waals surface area contributed by atoms with Crippen LogP contribution in [0, 0.1) is 0 Å². The second kappa shape index (κ2) is 16.5. The summed E-state index contributed by atoms with van der Waals surface area (Å²) in [4.78, 5) is 2.74. The number of alkyl halides is 16. The van der Waals surface area contributed by atoms with Gasteiger partial charge in [-0.2, -0.15) is 52.7 Å². The summed E-state index contributed by atoms with van der Waals surface area (Å²) in [6.45, 7) is -6.02. The normalized spacial score (nSPS) is 16.1. The van der Waals surface area contributed by atoms with Gasteiger partial charge in [0.2, 0.25) is 0 Å². The molecule has 266 valence electrons. The van der Waals surface area contributed by atoms with Crippen LogP contribution in [0.5, 0.6) is 0 Å². The molecule has 2 atom stereocenters. The van der Waals surface area contributed by atoms with Gasteiger partial charge in [-0.3, -0.25) is 4.90 Å². The zero-order valence-electron chi connectivity index (χ0n) is 23.0. The Morgan fingerprint density at radius 2 is 0.955 bits per heavy atom. The molecule has 0 saturated carbocycles. The van der Waals surface area contributed by atoms with Crippen LogP contribution in [0.25, 0.3) is 0 Å². The average Bonchev–Trinajstić information content (AvgIpc) is 2.86. The van der Waals surface area contributed by atoms with Crippen LogP contribution < -0.4 is 0 Å². The molecule has 0 rings (SSSR count). The van der Waals surface area contributed by atoms with E-state index in [1.165, 1.54) is 16.8 Å². The van der Waals surface area contributed by atoms with E-state index >= 15 is 0 Å². The molecule has 0 fully saturated rings. The lowest BCUT2D eigenvalue weighted by Crippen LogP contribution is -2.59. The van der Waals surface area contributed by atoms with Gasteiger partial charge in [0.05, 0.1) is 25.4 Å². The van der Waals surface area contributed by atoms with Gasteiger partial charge >= 0.3 is 48.4 Å². The molecule has 0 aliphatic rings. The molecule has 0 radical (unpaired) electrons. The minimum Gasteiger partial charge on any atom is -0.389 e. The second-order valence-electron chi connectivity index (χ2n) is 9.81. The van der Waals surface area contributed by atoms with Crippen molar-refractivity contribution in [2.24, 2.45) is 0 Å². The quantitative estimate of drug-likeness (QED) is 0.151. The van der Waals surface area contributed by atoms with Gasteiger partial charge in [0, 0.05) is 26.2 Å². The lowest BCUT2D eigenvalue weighted by molar-refractivity contribution is -0.346. The first-order chi connectivity index (χ1) is 19.7. The number of aliphatic hydroxyl groups excluding tert-OH is 2. The third kappa shape index (κ3) is 10.9. The summed E-state index contributed by atoms with van der Waals surface area (Å²) in [7, 11) is 1.33. The summed E-state index contributed by atoms with van der Waals surface area (Å²) in [5, 5.41) is 19.8. The number of likely N-dealkylation sites (N-methyl/N-ethyl adjacent to an activating group) is 1. The molecule has 0 aromatic rings. The summed E-state index contributed by atoms with van der Waals surface area (Å²) >= 11 is 0. The predicted octanol–water partition coefficient (Wildman–Crippen LogP) is 4.73. The van der Waals surface area contributed by atoms with Crippen LogP contribution in [0.2, 0.25) is 0 Å². The highest BCUT2D eigenvalue weighted by Gasteiger charge is 2.76. The maximum atomic E-state index is 13.5. The number of halogens is 16. The van der Waals surface area contributed by atoms with Gasteiger partial charge in [0.1, 0.15) is 13.2 Å². The Kier molecular flexibility index (Phi) is 16.0. The lowest BCUT2D eigenvalue weighted by atomic mass is 10.1. The molecule has 2 N–H and O–H groups in total. The third-order valence-electron chi connectivity index (χ3n) is 5.82. The first-order valence-electron chi connectivity index (χ1n) is 12.5. The maximum absolute atomic E-state index is 13.5. The van der Waals surface area contributed by atoms with Gasteiger partial charge < -0.3 is 24.6 Å². The van der Waals surface area contributed by atoms with E-state index in [4.69, 9.17) is 0 Å². The number of aliphatic hydroxyl groups is 2. The average molecular weight is 692 g/mol. The first kappa shape index (κ1) is 42.6. The van der Waals surface area contributed by atoms with Crippen molar-refractivity contribution in [1.82, 2.24) is 9.80 Å². The highest BCUT2D eigenvalue weighted by molar-refractivity contribution is 4.98. The van der Waals surface area contributed by atoms with Crippen LogP contribution in [0.4, 0.5) is 70.2 Å². The second-order valence-corrected chi connectivity index (χ2v) is 9.81. The summed E-state index contributed by atoms with van der Waals surface area (Å²) in [6.07, 6.45) is -13.2. The number of ether oxygens (including phenoxy) is 2. The fraction of sp³-hybridized carbons (Fsp3) is 1.00. The van der Waals surface area contributed by atoms with Crippen molar-refractivity contribution in [3.8, 4) is 0 Å². The van der Waals surface area contributed by atoms with Crippen molar-refractivity contribution in [2.75, 3.05) is 66.2 Å². The standard InChI is InChI=1S/C22H32F16N2O4/c1-3-4-40(8-14(42)10-44-12-18(29,30)22(37,38)20(33,34)16(25)26)6-5-39(2)7-13(41)9-43-11-17(27,28)21(35,36)19(31,32)15(23)24/h13-16,41-42H,3-12H2,1-2H3. The zero-order chi connectivity index (χ0) is 34.9. The number of hydrogen-bond acceptors (Lipinski definition) is 6. The highest BCUT2D eigenvalue weighted by Crippen LogP contribution is 2.49. The van der Waals surface area contributed by atoms with E-state index in [9.17, 15) is 80.5 Å². The van der Waals surface area contributed by atoms with Crippen molar-refractivity contribution < 1.29 is 89.9 Å². The summed E-state index contributed by atoms with van der Waals surface area (Å²) < 4.78 is 215.